The van der Waals surface area contributed by atoms with Gasteiger partial charge < -0.3 is 14.5 Å². The van der Waals surface area contributed by atoms with E-state index < -0.39 is 33.9 Å². The summed E-state index contributed by atoms with van der Waals surface area (Å²) in [4.78, 5) is 49.5. The lowest BCUT2D eigenvalue weighted by Crippen LogP contribution is -2.32. The van der Waals surface area contributed by atoms with Crippen LogP contribution in [-0.4, -0.2) is 40.0 Å². The third-order valence-electron chi connectivity index (χ3n) is 4.18. The number of nitro benzene ring substituents is 1. The van der Waals surface area contributed by atoms with Crippen LogP contribution in [0.15, 0.2) is 51.1 Å². The zero-order valence-corrected chi connectivity index (χ0v) is 17.0. The van der Waals surface area contributed by atoms with Gasteiger partial charge in [-0.15, -0.1) is 4.68 Å². The molecule has 0 unspecified atom stereocenters. The lowest BCUT2D eigenvalue weighted by atomic mass is 10.2. The summed E-state index contributed by atoms with van der Waals surface area (Å²) in [6.07, 6.45) is -0.0758. The van der Waals surface area contributed by atoms with Crippen molar-refractivity contribution in [1.29, 1.82) is 0 Å². The zero-order chi connectivity index (χ0) is 22.7. The van der Waals surface area contributed by atoms with Crippen molar-refractivity contribution in [2.75, 3.05) is 7.11 Å². The summed E-state index contributed by atoms with van der Waals surface area (Å²) >= 11 is 6.11. The van der Waals surface area contributed by atoms with Crippen LogP contribution in [0.4, 0.5) is 5.69 Å². The third kappa shape index (κ3) is 4.46. The minimum Gasteiger partial charge on any atom is -0.471 e. The van der Waals surface area contributed by atoms with Crippen molar-refractivity contribution in [3.8, 4) is 5.75 Å². The molecule has 0 aliphatic rings. The van der Waals surface area contributed by atoms with Gasteiger partial charge in [0.05, 0.1) is 34.2 Å². The minimum atomic E-state index is -1.14. The fourth-order valence-corrected chi connectivity index (χ4v) is 2.97. The summed E-state index contributed by atoms with van der Waals surface area (Å²) in [5, 5.41) is 15.4. The number of rotatable bonds is 6. The number of H-pyrrole nitrogens is 1. The summed E-state index contributed by atoms with van der Waals surface area (Å²) in [6, 6.07) is 8.75. The van der Waals surface area contributed by atoms with E-state index in [2.05, 4.69) is 14.8 Å². The molecule has 0 amide bonds. The summed E-state index contributed by atoms with van der Waals surface area (Å²) in [5.41, 5.74) is -1.52. The maximum Gasteiger partial charge on any atom is 0.349 e. The van der Waals surface area contributed by atoms with Crippen molar-refractivity contribution in [3.05, 3.63) is 77.9 Å². The Kier molecular flexibility index (Phi) is 6.16. The molecule has 11 nitrogen and oxygen atoms in total. The Labute approximate surface area is 178 Å². The summed E-state index contributed by atoms with van der Waals surface area (Å²) in [6.45, 7) is 1.35. The fraction of sp³-hybridized carbons (Fsp3) is 0.158. The van der Waals surface area contributed by atoms with Crippen molar-refractivity contribution in [1.82, 2.24) is 9.66 Å². The average molecular weight is 447 g/mol. The number of nitrogens with zero attached hydrogens (tertiary/aromatic N) is 3. The molecule has 1 heterocycles. The number of aromatic nitrogens is 2. The number of hydrogen-bond donors (Lipinski definition) is 1. The Morgan fingerprint density at radius 2 is 2.03 bits per heavy atom. The van der Waals surface area contributed by atoms with Crippen molar-refractivity contribution >= 4 is 40.4 Å². The van der Waals surface area contributed by atoms with Crippen molar-refractivity contribution in [3.63, 3.8) is 0 Å². The number of fused-ring (bicyclic) bond motifs is 1. The number of para-hydroxylation sites is 1. The van der Waals surface area contributed by atoms with E-state index in [-0.39, 0.29) is 21.7 Å². The maximum absolute atomic E-state index is 12.5. The molecule has 0 aliphatic carbocycles. The lowest BCUT2D eigenvalue weighted by Gasteiger charge is -2.14. The second-order valence-electron chi connectivity index (χ2n) is 6.23. The Morgan fingerprint density at radius 1 is 1.32 bits per heavy atom. The van der Waals surface area contributed by atoms with E-state index in [4.69, 9.17) is 16.3 Å². The predicted molar refractivity (Wildman–Crippen MR) is 112 cm³/mol. The Morgan fingerprint density at radius 3 is 2.71 bits per heavy atom. The first-order valence-electron chi connectivity index (χ1n) is 8.73. The number of hydrogen-bond acceptors (Lipinski definition) is 8. The molecule has 0 saturated carbocycles. The second kappa shape index (κ2) is 8.79. The van der Waals surface area contributed by atoms with Gasteiger partial charge in [0, 0.05) is 11.6 Å². The molecular formula is C19H15ClN4O7. The van der Waals surface area contributed by atoms with Gasteiger partial charge in [-0.25, -0.2) is 9.59 Å². The van der Waals surface area contributed by atoms with E-state index in [9.17, 15) is 24.5 Å². The Balaban J connectivity index is 2.03. The first-order valence-corrected chi connectivity index (χ1v) is 9.11. The van der Waals surface area contributed by atoms with Gasteiger partial charge in [0.25, 0.3) is 5.56 Å². The van der Waals surface area contributed by atoms with Crippen LogP contribution in [0, 0.1) is 10.1 Å². The van der Waals surface area contributed by atoms with E-state index >= 15 is 0 Å². The molecule has 0 bridgehead atoms. The number of carbonyl (C=O) groups excluding carboxylic acids is 1. The van der Waals surface area contributed by atoms with Crippen LogP contribution in [-0.2, 0) is 9.53 Å². The normalized spacial score (nSPS) is 12.1. The van der Waals surface area contributed by atoms with Crippen LogP contribution in [0.25, 0.3) is 10.9 Å². The Hall–Kier alpha value is -3.99. The molecule has 1 aromatic heterocycles. The number of nitro groups is 1. The highest BCUT2D eigenvalue weighted by Gasteiger charge is 2.25. The molecule has 0 fully saturated rings. The number of halogens is 1. The van der Waals surface area contributed by atoms with Gasteiger partial charge in [-0.3, -0.25) is 14.9 Å². The SMILES string of the molecule is COC(=O)[C@H](C)Oc1c(Cl)cc(C=Nn2c(=O)[nH]c3ccccc3c2=O)cc1[N+](=O)[O-]. The standard InChI is InChI=1S/C19H15ClN4O7/c1-10(18(26)30-2)31-16-13(20)7-11(8-15(16)24(28)29)9-21-23-17(25)12-5-3-4-6-14(12)22-19(23)27/h3-10H,1-2H3,(H,22,27)/t10-/m0/s1. The molecule has 0 saturated heterocycles. The Bertz CT molecular complexity index is 1330. The smallest absolute Gasteiger partial charge is 0.349 e. The number of methoxy groups -OCH3 is 1. The fourth-order valence-electron chi connectivity index (χ4n) is 2.70. The summed E-state index contributed by atoms with van der Waals surface area (Å²) in [7, 11) is 1.15. The number of aromatic amines is 1. The third-order valence-corrected chi connectivity index (χ3v) is 4.46. The van der Waals surface area contributed by atoms with E-state index in [1.807, 2.05) is 0 Å². The molecule has 0 aliphatic heterocycles. The van der Waals surface area contributed by atoms with Gasteiger partial charge in [0.1, 0.15) is 0 Å². The predicted octanol–water partition coefficient (Wildman–Crippen LogP) is 2.07. The largest absolute Gasteiger partial charge is 0.471 e. The molecule has 1 atom stereocenters. The number of nitrogens with one attached hydrogen (secondary N) is 1. The molecular weight excluding hydrogens is 432 g/mol. The highest BCUT2D eigenvalue weighted by molar-refractivity contribution is 6.32. The number of carbonyl (C=O) groups is 1. The molecule has 0 radical (unpaired) electrons. The molecule has 31 heavy (non-hydrogen) atoms. The topological polar surface area (TPSA) is 146 Å². The van der Waals surface area contributed by atoms with Gasteiger partial charge in [-0.2, -0.15) is 5.10 Å². The molecule has 160 valence electrons. The van der Waals surface area contributed by atoms with Gasteiger partial charge in [0.15, 0.2) is 6.10 Å². The van der Waals surface area contributed by atoms with Gasteiger partial charge in [-0.1, -0.05) is 23.7 Å². The number of ether oxygens (including phenoxy) is 2. The first-order chi connectivity index (χ1) is 14.7. The molecule has 3 rings (SSSR count). The summed E-state index contributed by atoms with van der Waals surface area (Å²) in [5.74, 6) is -1.08. The van der Waals surface area contributed by atoms with Gasteiger partial charge >= 0.3 is 17.3 Å². The summed E-state index contributed by atoms with van der Waals surface area (Å²) < 4.78 is 10.4. The first kappa shape index (κ1) is 21.7. The second-order valence-corrected chi connectivity index (χ2v) is 6.64. The zero-order valence-electron chi connectivity index (χ0n) is 16.2. The highest BCUT2D eigenvalue weighted by atomic mass is 35.5. The van der Waals surface area contributed by atoms with Crippen LogP contribution in [0.5, 0.6) is 5.75 Å². The lowest BCUT2D eigenvalue weighted by molar-refractivity contribution is -0.386. The molecule has 12 heteroatoms. The van der Waals surface area contributed by atoms with Crippen LogP contribution in [0.3, 0.4) is 0 Å². The minimum absolute atomic E-state index is 0.120. The maximum atomic E-state index is 12.5. The average Bonchev–Trinajstić information content (AvgIpc) is 2.74. The van der Waals surface area contributed by atoms with E-state index in [0.717, 1.165) is 19.4 Å². The van der Waals surface area contributed by atoms with E-state index in [0.29, 0.717) is 10.2 Å². The van der Waals surface area contributed by atoms with E-state index in [1.54, 1.807) is 18.2 Å². The molecule has 1 N–H and O–H groups in total. The highest BCUT2D eigenvalue weighted by Crippen LogP contribution is 2.36. The van der Waals surface area contributed by atoms with Gasteiger partial charge in [-0.05, 0) is 25.1 Å². The van der Waals surface area contributed by atoms with Crippen molar-refractivity contribution < 1.29 is 19.2 Å². The van der Waals surface area contributed by atoms with Gasteiger partial charge in [0.2, 0.25) is 5.75 Å². The number of benzene rings is 2. The number of esters is 1. The quantitative estimate of drug-likeness (QED) is 0.264. The molecule has 2 aromatic carbocycles. The van der Waals surface area contributed by atoms with Crippen molar-refractivity contribution in [2.24, 2.45) is 5.10 Å². The van der Waals surface area contributed by atoms with Crippen LogP contribution in [0.2, 0.25) is 5.02 Å². The van der Waals surface area contributed by atoms with E-state index in [1.165, 1.54) is 19.1 Å². The van der Waals surface area contributed by atoms with Crippen LogP contribution in [0.1, 0.15) is 12.5 Å². The monoisotopic (exact) mass is 446 g/mol. The van der Waals surface area contributed by atoms with Crippen LogP contribution < -0.4 is 16.0 Å². The van der Waals surface area contributed by atoms with Crippen molar-refractivity contribution in [2.45, 2.75) is 13.0 Å². The molecule has 3 aromatic rings. The molecule has 0 spiro atoms. The van der Waals surface area contributed by atoms with Crippen LogP contribution >= 0.6 is 11.6 Å².